The molecular formula is C12H14N2S. The second kappa shape index (κ2) is 5.20. The summed E-state index contributed by atoms with van der Waals surface area (Å²) in [5.74, 6) is 0.830. The average Bonchev–Trinajstić information content (AvgIpc) is 3.09. The lowest BCUT2D eigenvalue weighted by Gasteiger charge is -2.09. The van der Waals surface area contributed by atoms with Gasteiger partial charge in [0.05, 0.1) is 6.07 Å². The Balaban J connectivity index is 1.78. The van der Waals surface area contributed by atoms with Gasteiger partial charge in [-0.2, -0.15) is 5.26 Å². The fourth-order valence-corrected chi connectivity index (χ4v) is 2.23. The monoisotopic (exact) mass is 218 g/mol. The van der Waals surface area contributed by atoms with E-state index in [9.17, 15) is 0 Å². The highest BCUT2D eigenvalue weighted by Gasteiger charge is 2.24. The number of nitriles is 1. The van der Waals surface area contributed by atoms with Gasteiger partial charge in [0, 0.05) is 16.7 Å². The van der Waals surface area contributed by atoms with Gasteiger partial charge in [0.2, 0.25) is 0 Å². The molecule has 0 saturated heterocycles. The van der Waals surface area contributed by atoms with Crippen molar-refractivity contribution in [2.75, 3.05) is 5.75 Å². The molecule has 0 heterocycles. The number of benzene rings is 1. The Kier molecular flexibility index (Phi) is 3.65. The molecule has 1 unspecified atom stereocenters. The molecule has 1 atom stereocenters. The lowest BCUT2D eigenvalue weighted by atomic mass is 10.4. The molecule has 1 fully saturated rings. The molecule has 1 aromatic rings. The minimum Gasteiger partial charge on any atom is -0.298 e. The molecule has 1 aromatic carbocycles. The van der Waals surface area contributed by atoms with Crippen LogP contribution in [0.25, 0.3) is 0 Å². The Morgan fingerprint density at radius 1 is 1.40 bits per heavy atom. The Morgan fingerprint density at radius 2 is 2.13 bits per heavy atom. The number of hydrogen-bond acceptors (Lipinski definition) is 3. The third-order valence-electron chi connectivity index (χ3n) is 2.33. The molecule has 1 saturated carbocycles. The Bertz CT molecular complexity index is 340. The zero-order valence-electron chi connectivity index (χ0n) is 8.52. The van der Waals surface area contributed by atoms with Gasteiger partial charge in [0.1, 0.15) is 6.04 Å². The molecule has 0 radical (unpaired) electrons. The third-order valence-corrected chi connectivity index (χ3v) is 3.44. The van der Waals surface area contributed by atoms with Gasteiger partial charge in [-0.3, -0.25) is 5.32 Å². The summed E-state index contributed by atoms with van der Waals surface area (Å²) in [6.07, 6.45) is 2.46. The van der Waals surface area contributed by atoms with Gasteiger partial charge in [0.15, 0.2) is 0 Å². The van der Waals surface area contributed by atoms with E-state index in [-0.39, 0.29) is 6.04 Å². The number of hydrogen-bond donors (Lipinski definition) is 1. The number of rotatable bonds is 5. The van der Waals surface area contributed by atoms with E-state index in [2.05, 4.69) is 23.5 Å². The van der Waals surface area contributed by atoms with E-state index in [1.165, 1.54) is 17.7 Å². The lowest BCUT2D eigenvalue weighted by molar-refractivity contribution is 0.644. The van der Waals surface area contributed by atoms with E-state index < -0.39 is 0 Å². The molecule has 2 nitrogen and oxygen atoms in total. The molecule has 1 aliphatic carbocycles. The Labute approximate surface area is 94.7 Å². The SMILES string of the molecule is N#CC(CSc1ccccc1)NC1CC1. The van der Waals surface area contributed by atoms with Crippen LogP contribution in [-0.4, -0.2) is 17.8 Å². The summed E-state index contributed by atoms with van der Waals surface area (Å²) >= 11 is 1.74. The Morgan fingerprint density at radius 3 is 2.73 bits per heavy atom. The maximum absolute atomic E-state index is 8.95. The van der Waals surface area contributed by atoms with Gasteiger partial charge in [-0.1, -0.05) is 18.2 Å². The molecule has 15 heavy (non-hydrogen) atoms. The number of thioether (sulfide) groups is 1. The fraction of sp³-hybridized carbons (Fsp3) is 0.417. The zero-order chi connectivity index (χ0) is 10.5. The molecule has 78 valence electrons. The average molecular weight is 218 g/mol. The first-order valence-corrected chi connectivity index (χ1v) is 6.20. The quantitative estimate of drug-likeness (QED) is 0.771. The molecule has 1 aliphatic rings. The summed E-state index contributed by atoms with van der Waals surface area (Å²) in [4.78, 5) is 1.23. The van der Waals surface area contributed by atoms with Gasteiger partial charge in [0.25, 0.3) is 0 Å². The smallest absolute Gasteiger partial charge is 0.105 e. The van der Waals surface area contributed by atoms with E-state index in [1.807, 2.05) is 18.2 Å². The van der Waals surface area contributed by atoms with Crippen LogP contribution >= 0.6 is 11.8 Å². The molecule has 0 bridgehead atoms. The number of nitrogens with zero attached hydrogens (tertiary/aromatic N) is 1. The summed E-state index contributed by atoms with van der Waals surface area (Å²) < 4.78 is 0. The normalized spacial score (nSPS) is 17.0. The van der Waals surface area contributed by atoms with E-state index >= 15 is 0 Å². The van der Waals surface area contributed by atoms with Gasteiger partial charge >= 0.3 is 0 Å². The standard InChI is InChI=1S/C12H14N2S/c13-8-11(14-10-6-7-10)9-15-12-4-2-1-3-5-12/h1-5,10-11,14H,6-7,9H2. The van der Waals surface area contributed by atoms with Crippen LogP contribution in [0.5, 0.6) is 0 Å². The van der Waals surface area contributed by atoms with Crippen molar-refractivity contribution in [1.29, 1.82) is 5.26 Å². The second-order valence-corrected chi connectivity index (χ2v) is 4.84. The fourth-order valence-electron chi connectivity index (χ4n) is 1.35. The summed E-state index contributed by atoms with van der Waals surface area (Å²) in [5, 5.41) is 12.3. The van der Waals surface area contributed by atoms with E-state index in [0.29, 0.717) is 6.04 Å². The molecule has 1 N–H and O–H groups in total. The topological polar surface area (TPSA) is 35.8 Å². The highest BCUT2D eigenvalue weighted by Crippen LogP contribution is 2.22. The van der Waals surface area contributed by atoms with Crippen LogP contribution in [-0.2, 0) is 0 Å². The van der Waals surface area contributed by atoms with Crippen LogP contribution < -0.4 is 5.32 Å². The van der Waals surface area contributed by atoms with Crippen molar-refractivity contribution in [3.8, 4) is 6.07 Å². The predicted octanol–water partition coefficient (Wildman–Crippen LogP) is 2.42. The van der Waals surface area contributed by atoms with Crippen molar-refractivity contribution in [2.45, 2.75) is 29.8 Å². The molecule has 0 aliphatic heterocycles. The first-order valence-electron chi connectivity index (χ1n) is 5.22. The highest BCUT2D eigenvalue weighted by molar-refractivity contribution is 7.99. The zero-order valence-corrected chi connectivity index (χ0v) is 9.33. The number of nitrogens with one attached hydrogen (secondary N) is 1. The summed E-state index contributed by atoms with van der Waals surface area (Å²) in [6, 6.07) is 13.1. The van der Waals surface area contributed by atoms with E-state index in [0.717, 1.165) is 5.75 Å². The first-order chi connectivity index (χ1) is 7.38. The van der Waals surface area contributed by atoms with Crippen molar-refractivity contribution < 1.29 is 0 Å². The van der Waals surface area contributed by atoms with Gasteiger partial charge in [-0.25, -0.2) is 0 Å². The van der Waals surface area contributed by atoms with Crippen LogP contribution in [0.1, 0.15) is 12.8 Å². The molecule has 3 heteroatoms. The Hall–Kier alpha value is -0.980. The van der Waals surface area contributed by atoms with Crippen molar-refractivity contribution in [1.82, 2.24) is 5.32 Å². The van der Waals surface area contributed by atoms with Crippen molar-refractivity contribution in [3.05, 3.63) is 30.3 Å². The van der Waals surface area contributed by atoms with Crippen molar-refractivity contribution >= 4 is 11.8 Å². The van der Waals surface area contributed by atoms with Crippen LogP contribution in [0.2, 0.25) is 0 Å². The molecule has 0 spiro atoms. The van der Waals surface area contributed by atoms with Crippen LogP contribution in [0.4, 0.5) is 0 Å². The third kappa shape index (κ3) is 3.58. The van der Waals surface area contributed by atoms with Crippen LogP contribution in [0.15, 0.2) is 35.2 Å². The molecule has 2 rings (SSSR count). The highest BCUT2D eigenvalue weighted by atomic mass is 32.2. The minimum absolute atomic E-state index is 0.0114. The van der Waals surface area contributed by atoms with Crippen LogP contribution in [0, 0.1) is 11.3 Å². The molecule has 0 aromatic heterocycles. The van der Waals surface area contributed by atoms with Gasteiger partial charge in [-0.05, 0) is 25.0 Å². The summed E-state index contributed by atoms with van der Waals surface area (Å²) in [6.45, 7) is 0. The van der Waals surface area contributed by atoms with Crippen molar-refractivity contribution in [2.24, 2.45) is 0 Å². The largest absolute Gasteiger partial charge is 0.298 e. The summed E-state index contributed by atoms with van der Waals surface area (Å²) in [7, 11) is 0. The maximum Gasteiger partial charge on any atom is 0.105 e. The van der Waals surface area contributed by atoms with E-state index in [1.54, 1.807) is 11.8 Å². The predicted molar refractivity (Wildman–Crippen MR) is 62.7 cm³/mol. The van der Waals surface area contributed by atoms with Gasteiger partial charge in [-0.15, -0.1) is 11.8 Å². The second-order valence-electron chi connectivity index (χ2n) is 3.75. The molecule has 0 amide bonds. The summed E-state index contributed by atoms with van der Waals surface area (Å²) in [5.41, 5.74) is 0. The van der Waals surface area contributed by atoms with Gasteiger partial charge < -0.3 is 0 Å². The lowest BCUT2D eigenvalue weighted by Crippen LogP contribution is -2.31. The van der Waals surface area contributed by atoms with Crippen molar-refractivity contribution in [3.63, 3.8) is 0 Å². The van der Waals surface area contributed by atoms with E-state index in [4.69, 9.17) is 5.26 Å². The maximum atomic E-state index is 8.95. The van der Waals surface area contributed by atoms with Crippen LogP contribution in [0.3, 0.4) is 0 Å². The first kappa shape index (κ1) is 10.5. The minimum atomic E-state index is -0.0114. The molecular weight excluding hydrogens is 204 g/mol.